The zero-order chi connectivity index (χ0) is 21.3. The topological polar surface area (TPSA) is 90.3 Å². The fourth-order valence-corrected chi connectivity index (χ4v) is 3.14. The van der Waals surface area contributed by atoms with Crippen molar-refractivity contribution in [1.82, 2.24) is 9.78 Å². The highest BCUT2D eigenvalue weighted by atomic mass is 16.5. The molecule has 0 atom stereocenters. The smallest absolute Gasteiger partial charge is 0.359 e. The molecule has 0 unspecified atom stereocenters. The number of para-hydroxylation sites is 1. The highest BCUT2D eigenvalue weighted by Crippen LogP contribution is 2.15. The molecule has 0 radical (unpaired) electrons. The second-order valence-corrected chi connectivity index (χ2v) is 6.97. The number of hydrogen-bond donors (Lipinski definition) is 1. The Hall–Kier alpha value is -3.48. The van der Waals surface area contributed by atoms with Crippen LogP contribution in [-0.4, -0.2) is 28.3 Å². The fourth-order valence-electron chi connectivity index (χ4n) is 3.14. The number of nitrogens with one attached hydrogen (secondary N) is 1. The van der Waals surface area contributed by atoms with Gasteiger partial charge in [-0.15, -0.1) is 0 Å². The Morgan fingerprint density at radius 3 is 2.40 bits per heavy atom. The Labute approximate surface area is 174 Å². The van der Waals surface area contributed by atoms with Gasteiger partial charge in [-0.25, -0.2) is 9.48 Å². The number of hydrogen-bond acceptors (Lipinski definition) is 5. The van der Waals surface area contributed by atoms with Crippen molar-refractivity contribution in [2.45, 2.75) is 39.2 Å². The SMILES string of the molecule is CCCCCCn1nc(C(=O)OCC(=O)Nc2ccccc2)c2ccccc2c1=O. The van der Waals surface area contributed by atoms with E-state index >= 15 is 0 Å². The van der Waals surface area contributed by atoms with Crippen LogP contribution >= 0.6 is 0 Å². The normalized spacial score (nSPS) is 10.7. The van der Waals surface area contributed by atoms with E-state index in [1.807, 2.05) is 6.07 Å². The molecule has 30 heavy (non-hydrogen) atoms. The zero-order valence-corrected chi connectivity index (χ0v) is 17.0. The predicted octanol–water partition coefficient (Wildman–Crippen LogP) is 3.77. The minimum absolute atomic E-state index is 0.0354. The molecule has 7 heteroatoms. The quantitative estimate of drug-likeness (QED) is 0.431. The molecular formula is C23H25N3O4. The van der Waals surface area contributed by atoms with Gasteiger partial charge in [-0.3, -0.25) is 9.59 Å². The van der Waals surface area contributed by atoms with E-state index in [0.717, 1.165) is 25.7 Å². The number of esters is 1. The highest BCUT2D eigenvalue weighted by molar-refractivity contribution is 6.03. The first kappa shape index (κ1) is 21.2. The number of carbonyl (C=O) groups is 2. The van der Waals surface area contributed by atoms with Crippen LogP contribution in [-0.2, 0) is 16.1 Å². The molecule has 156 valence electrons. The Morgan fingerprint density at radius 2 is 1.67 bits per heavy atom. The summed E-state index contributed by atoms with van der Waals surface area (Å²) >= 11 is 0. The number of aromatic nitrogens is 2. The van der Waals surface area contributed by atoms with Crippen LogP contribution in [0.25, 0.3) is 10.8 Å². The second-order valence-electron chi connectivity index (χ2n) is 6.97. The molecular weight excluding hydrogens is 382 g/mol. The van der Waals surface area contributed by atoms with E-state index in [2.05, 4.69) is 17.3 Å². The van der Waals surface area contributed by atoms with Crippen molar-refractivity contribution < 1.29 is 14.3 Å². The molecule has 1 heterocycles. The first-order chi connectivity index (χ1) is 14.6. The van der Waals surface area contributed by atoms with E-state index in [4.69, 9.17) is 4.74 Å². The van der Waals surface area contributed by atoms with Crippen LogP contribution in [0.2, 0.25) is 0 Å². The van der Waals surface area contributed by atoms with E-state index in [1.165, 1.54) is 4.68 Å². The summed E-state index contributed by atoms with van der Waals surface area (Å²) in [5.74, 6) is -1.19. The maximum absolute atomic E-state index is 12.7. The number of carbonyl (C=O) groups excluding carboxylic acids is 2. The van der Waals surface area contributed by atoms with Crippen LogP contribution in [0.5, 0.6) is 0 Å². The van der Waals surface area contributed by atoms with Gasteiger partial charge < -0.3 is 10.1 Å². The summed E-state index contributed by atoms with van der Waals surface area (Å²) in [6.45, 7) is 2.10. The lowest BCUT2D eigenvalue weighted by Gasteiger charge is -2.11. The summed E-state index contributed by atoms with van der Waals surface area (Å²) < 4.78 is 6.50. The number of ether oxygens (including phenoxy) is 1. The summed E-state index contributed by atoms with van der Waals surface area (Å²) in [4.78, 5) is 37.5. The molecule has 0 aliphatic rings. The number of anilines is 1. The average Bonchev–Trinajstić information content (AvgIpc) is 2.77. The van der Waals surface area contributed by atoms with Crippen LogP contribution in [0.4, 0.5) is 5.69 Å². The van der Waals surface area contributed by atoms with Crippen molar-refractivity contribution in [1.29, 1.82) is 0 Å². The Balaban J connectivity index is 1.76. The van der Waals surface area contributed by atoms with Gasteiger partial charge in [-0.1, -0.05) is 62.6 Å². The van der Waals surface area contributed by atoms with Crippen molar-refractivity contribution in [3.05, 3.63) is 70.6 Å². The summed E-state index contributed by atoms with van der Waals surface area (Å²) in [6, 6.07) is 15.7. The minimum atomic E-state index is -0.739. The van der Waals surface area contributed by atoms with Crippen molar-refractivity contribution in [2.24, 2.45) is 0 Å². The third-order valence-electron chi connectivity index (χ3n) is 4.68. The molecule has 3 aromatic rings. The third-order valence-corrected chi connectivity index (χ3v) is 4.68. The minimum Gasteiger partial charge on any atom is -0.451 e. The van der Waals surface area contributed by atoms with E-state index in [-0.39, 0.29) is 11.3 Å². The van der Waals surface area contributed by atoms with Crippen molar-refractivity contribution in [3.63, 3.8) is 0 Å². The van der Waals surface area contributed by atoms with Gasteiger partial charge in [0.15, 0.2) is 12.3 Å². The summed E-state index contributed by atoms with van der Waals surface area (Å²) in [7, 11) is 0. The number of amides is 1. The molecule has 2 aromatic carbocycles. The van der Waals surface area contributed by atoms with Gasteiger partial charge in [0.05, 0.1) is 5.39 Å². The standard InChI is InChI=1S/C23H25N3O4/c1-2-3-4-10-15-26-22(28)19-14-9-8-13-18(19)21(25-26)23(29)30-16-20(27)24-17-11-6-5-7-12-17/h5-9,11-14H,2-4,10,15-16H2,1H3,(H,24,27). The summed E-state index contributed by atoms with van der Waals surface area (Å²) in [5, 5.41) is 7.74. The maximum Gasteiger partial charge on any atom is 0.359 e. The number of unbranched alkanes of at least 4 members (excludes halogenated alkanes) is 3. The molecule has 0 aliphatic carbocycles. The highest BCUT2D eigenvalue weighted by Gasteiger charge is 2.19. The number of aryl methyl sites for hydroxylation is 1. The maximum atomic E-state index is 12.7. The molecule has 7 nitrogen and oxygen atoms in total. The van der Waals surface area contributed by atoms with E-state index in [1.54, 1.807) is 48.5 Å². The average molecular weight is 407 g/mol. The molecule has 0 fully saturated rings. The largest absolute Gasteiger partial charge is 0.451 e. The fraction of sp³-hybridized carbons (Fsp3) is 0.304. The first-order valence-corrected chi connectivity index (χ1v) is 10.1. The van der Waals surface area contributed by atoms with Crippen molar-refractivity contribution in [2.75, 3.05) is 11.9 Å². The lowest BCUT2D eigenvalue weighted by atomic mass is 10.1. The Morgan fingerprint density at radius 1 is 0.967 bits per heavy atom. The Bertz CT molecular complexity index is 1080. The van der Waals surface area contributed by atoms with Crippen LogP contribution in [0.3, 0.4) is 0 Å². The van der Waals surface area contributed by atoms with Crippen molar-refractivity contribution in [3.8, 4) is 0 Å². The molecule has 0 saturated carbocycles. The lowest BCUT2D eigenvalue weighted by molar-refractivity contribution is -0.119. The van der Waals surface area contributed by atoms with Crippen LogP contribution in [0.15, 0.2) is 59.4 Å². The van der Waals surface area contributed by atoms with Crippen molar-refractivity contribution >= 4 is 28.3 Å². The first-order valence-electron chi connectivity index (χ1n) is 10.1. The van der Waals surface area contributed by atoms with Gasteiger partial charge in [-0.05, 0) is 24.6 Å². The van der Waals surface area contributed by atoms with E-state index in [0.29, 0.717) is 23.0 Å². The summed E-state index contributed by atoms with van der Waals surface area (Å²) in [6.07, 6.45) is 3.94. The molecule has 0 saturated heterocycles. The number of rotatable bonds is 9. The van der Waals surface area contributed by atoms with Gasteiger partial charge in [-0.2, -0.15) is 5.10 Å². The number of nitrogens with zero attached hydrogens (tertiary/aromatic N) is 2. The molecule has 3 rings (SSSR count). The predicted molar refractivity (Wildman–Crippen MR) is 115 cm³/mol. The number of benzene rings is 2. The molecule has 0 aliphatic heterocycles. The van der Waals surface area contributed by atoms with Gasteiger partial charge >= 0.3 is 5.97 Å². The van der Waals surface area contributed by atoms with E-state index < -0.39 is 18.5 Å². The Kier molecular flexibility index (Phi) is 7.32. The molecule has 1 aromatic heterocycles. The molecule has 1 amide bonds. The van der Waals surface area contributed by atoms with Crippen LogP contribution in [0, 0.1) is 0 Å². The second kappa shape index (κ2) is 10.3. The third kappa shape index (κ3) is 5.31. The molecule has 0 spiro atoms. The van der Waals surface area contributed by atoms with E-state index in [9.17, 15) is 14.4 Å². The van der Waals surface area contributed by atoms with Gasteiger partial charge in [0.2, 0.25) is 0 Å². The summed E-state index contributed by atoms with van der Waals surface area (Å²) in [5.41, 5.74) is 0.413. The molecule has 1 N–H and O–H groups in total. The van der Waals surface area contributed by atoms with Gasteiger partial charge in [0.1, 0.15) is 0 Å². The lowest BCUT2D eigenvalue weighted by Crippen LogP contribution is -2.28. The number of fused-ring (bicyclic) bond motifs is 1. The monoisotopic (exact) mass is 407 g/mol. The van der Waals surface area contributed by atoms with Crippen LogP contribution < -0.4 is 10.9 Å². The molecule has 0 bridgehead atoms. The zero-order valence-electron chi connectivity index (χ0n) is 17.0. The van der Waals surface area contributed by atoms with Gasteiger partial charge in [0.25, 0.3) is 11.5 Å². The van der Waals surface area contributed by atoms with Gasteiger partial charge in [0, 0.05) is 17.6 Å². The van der Waals surface area contributed by atoms with Crippen LogP contribution in [0.1, 0.15) is 43.1 Å².